The van der Waals surface area contributed by atoms with Crippen LogP contribution in [0.2, 0.25) is 0 Å². The quantitative estimate of drug-likeness (QED) is 0.233. The van der Waals surface area contributed by atoms with Gasteiger partial charge in [0, 0.05) is 5.56 Å². The lowest BCUT2D eigenvalue weighted by molar-refractivity contribution is -0.135. The highest BCUT2D eigenvalue weighted by Crippen LogP contribution is 2.43. The van der Waals surface area contributed by atoms with E-state index >= 15 is 0 Å². The molecule has 1 fully saturated rings. The van der Waals surface area contributed by atoms with Gasteiger partial charge in [-0.25, -0.2) is 9.37 Å². The molecule has 0 N–H and O–H groups in total. The number of anilines is 1. The van der Waals surface area contributed by atoms with Crippen molar-refractivity contribution < 1.29 is 23.5 Å². The number of ether oxygens (including phenoxy) is 1. The molecule has 3 aromatic carbocycles. The average molecular weight is 475 g/mol. The topological polar surface area (TPSA) is 76.6 Å². The van der Waals surface area contributed by atoms with Crippen molar-refractivity contribution in [1.29, 1.82) is 0 Å². The first-order valence-corrected chi connectivity index (χ1v) is 11.4. The van der Waals surface area contributed by atoms with E-state index in [9.17, 15) is 18.8 Å². The minimum Gasteiger partial charge on any atom is -0.497 e. The number of ketones is 2. The number of methoxy groups -OCH3 is 1. The summed E-state index contributed by atoms with van der Waals surface area (Å²) in [5.74, 6) is -3.30. The molecule has 0 spiro atoms. The van der Waals surface area contributed by atoms with Gasteiger partial charge in [-0.05, 0) is 66.6 Å². The fourth-order valence-electron chi connectivity index (χ4n) is 4.20. The number of amides is 1. The summed E-state index contributed by atoms with van der Waals surface area (Å²) in [5, 5.41) is 0.318. The number of fused-ring (bicyclic) bond motifs is 1. The minimum absolute atomic E-state index is 0.279. The van der Waals surface area contributed by atoms with Crippen LogP contribution < -0.4 is 9.64 Å². The zero-order valence-electron chi connectivity index (χ0n) is 18.3. The van der Waals surface area contributed by atoms with Crippen LogP contribution in [0.25, 0.3) is 10.2 Å². The standard InChI is InChI=1S/C26H19FN2O4S/c1-14-3-12-19-20(13-14)34-26(28-19)29-22(15-4-8-17(27)9-5-15)21(24(31)25(29)32)23(30)16-6-10-18(33-2)11-7-16/h3-13,21-22H,1-2H3. The summed E-state index contributed by atoms with van der Waals surface area (Å²) < 4.78 is 19.7. The summed E-state index contributed by atoms with van der Waals surface area (Å²) in [5.41, 5.74) is 2.48. The fraction of sp³-hybridized carbons (Fsp3) is 0.154. The number of carbonyl (C=O) groups is 3. The molecule has 0 bridgehead atoms. The number of rotatable bonds is 5. The van der Waals surface area contributed by atoms with Crippen molar-refractivity contribution in [3.05, 3.63) is 89.2 Å². The van der Waals surface area contributed by atoms with E-state index in [0.29, 0.717) is 22.0 Å². The largest absolute Gasteiger partial charge is 0.497 e. The summed E-state index contributed by atoms with van der Waals surface area (Å²) >= 11 is 1.27. The number of aromatic nitrogens is 1. The highest BCUT2D eigenvalue weighted by Gasteiger charge is 2.53. The molecule has 0 aliphatic carbocycles. The molecule has 5 rings (SSSR count). The maximum atomic E-state index is 13.7. The molecule has 2 heterocycles. The van der Waals surface area contributed by atoms with Gasteiger partial charge < -0.3 is 4.74 Å². The monoisotopic (exact) mass is 474 g/mol. The maximum Gasteiger partial charge on any atom is 0.297 e. The predicted octanol–water partition coefficient (Wildman–Crippen LogP) is 4.91. The predicted molar refractivity (Wildman–Crippen MR) is 127 cm³/mol. The maximum absolute atomic E-state index is 13.7. The van der Waals surface area contributed by atoms with E-state index in [1.165, 1.54) is 47.6 Å². The molecule has 170 valence electrons. The van der Waals surface area contributed by atoms with Gasteiger partial charge in [0.1, 0.15) is 17.5 Å². The summed E-state index contributed by atoms with van der Waals surface area (Å²) in [7, 11) is 1.51. The molecule has 6 nitrogen and oxygen atoms in total. The number of hydrogen-bond donors (Lipinski definition) is 0. The Hall–Kier alpha value is -3.91. The van der Waals surface area contributed by atoms with Gasteiger partial charge in [0.25, 0.3) is 5.91 Å². The third kappa shape index (κ3) is 3.66. The Kier molecular flexibility index (Phi) is 5.45. The number of Topliss-reactive ketones (excluding diaryl/α,β-unsaturated/α-hetero) is 2. The zero-order chi connectivity index (χ0) is 24.0. The van der Waals surface area contributed by atoms with Gasteiger partial charge in [-0.15, -0.1) is 0 Å². The van der Waals surface area contributed by atoms with Crippen LogP contribution in [-0.2, 0) is 9.59 Å². The van der Waals surface area contributed by atoms with Gasteiger partial charge in [-0.2, -0.15) is 0 Å². The third-order valence-corrected chi connectivity index (χ3v) is 6.93. The van der Waals surface area contributed by atoms with Crippen molar-refractivity contribution >= 4 is 44.2 Å². The Morgan fingerprint density at radius 1 is 1.03 bits per heavy atom. The Bertz CT molecular complexity index is 1430. The highest BCUT2D eigenvalue weighted by molar-refractivity contribution is 7.22. The third-order valence-electron chi connectivity index (χ3n) is 5.91. The van der Waals surface area contributed by atoms with E-state index in [4.69, 9.17) is 4.74 Å². The van der Waals surface area contributed by atoms with Crippen LogP contribution in [0.4, 0.5) is 9.52 Å². The molecule has 2 atom stereocenters. The van der Waals surface area contributed by atoms with Gasteiger partial charge in [0.15, 0.2) is 10.9 Å². The molecule has 1 amide bonds. The van der Waals surface area contributed by atoms with Crippen LogP contribution in [0.1, 0.15) is 27.5 Å². The molecule has 2 unspecified atom stereocenters. The van der Waals surface area contributed by atoms with Crippen LogP contribution >= 0.6 is 11.3 Å². The van der Waals surface area contributed by atoms with Crippen LogP contribution in [0.15, 0.2) is 66.7 Å². The lowest BCUT2D eigenvalue weighted by Crippen LogP contribution is -2.30. The van der Waals surface area contributed by atoms with Crippen LogP contribution in [0.5, 0.6) is 5.75 Å². The van der Waals surface area contributed by atoms with Crippen LogP contribution in [-0.4, -0.2) is 29.6 Å². The molecular weight excluding hydrogens is 455 g/mol. The molecule has 1 aliphatic rings. The Morgan fingerprint density at radius 2 is 1.74 bits per heavy atom. The van der Waals surface area contributed by atoms with E-state index in [-0.39, 0.29) is 5.56 Å². The summed E-state index contributed by atoms with van der Waals surface area (Å²) in [6.45, 7) is 1.95. The number of hydrogen-bond acceptors (Lipinski definition) is 6. The summed E-state index contributed by atoms with van der Waals surface area (Å²) in [6.07, 6.45) is 0. The van der Waals surface area contributed by atoms with Crippen molar-refractivity contribution in [3.8, 4) is 5.75 Å². The molecule has 8 heteroatoms. The number of halogens is 1. The van der Waals surface area contributed by atoms with Gasteiger partial charge >= 0.3 is 0 Å². The van der Waals surface area contributed by atoms with E-state index in [2.05, 4.69) is 4.98 Å². The lowest BCUT2D eigenvalue weighted by atomic mass is 9.86. The molecule has 1 saturated heterocycles. The first kappa shape index (κ1) is 21.9. The first-order chi connectivity index (χ1) is 16.4. The number of aryl methyl sites for hydroxylation is 1. The van der Waals surface area contributed by atoms with Gasteiger partial charge in [-0.1, -0.05) is 29.5 Å². The molecule has 1 aliphatic heterocycles. The zero-order valence-corrected chi connectivity index (χ0v) is 19.1. The number of thiazole rings is 1. The van der Waals surface area contributed by atoms with Crippen molar-refractivity contribution in [1.82, 2.24) is 4.98 Å². The molecule has 34 heavy (non-hydrogen) atoms. The molecule has 0 radical (unpaired) electrons. The van der Waals surface area contributed by atoms with Crippen molar-refractivity contribution in [2.24, 2.45) is 5.92 Å². The van der Waals surface area contributed by atoms with Crippen molar-refractivity contribution in [3.63, 3.8) is 0 Å². The van der Waals surface area contributed by atoms with E-state index < -0.39 is 35.3 Å². The molecule has 4 aromatic rings. The van der Waals surface area contributed by atoms with Gasteiger partial charge in [-0.3, -0.25) is 19.3 Å². The summed E-state index contributed by atoms with van der Waals surface area (Å²) in [6, 6.07) is 16.6. The van der Waals surface area contributed by atoms with Crippen molar-refractivity contribution in [2.75, 3.05) is 12.0 Å². The fourth-order valence-corrected chi connectivity index (χ4v) is 5.30. The number of nitrogens with zero attached hydrogens (tertiary/aromatic N) is 2. The summed E-state index contributed by atoms with van der Waals surface area (Å²) in [4.78, 5) is 45.8. The van der Waals surface area contributed by atoms with Gasteiger partial charge in [0.05, 0.1) is 23.4 Å². The number of benzene rings is 3. The second kappa shape index (κ2) is 8.46. The SMILES string of the molecule is COc1ccc(C(=O)C2C(=O)C(=O)N(c3nc4ccc(C)cc4s3)C2c2ccc(F)cc2)cc1. The normalized spacial score (nSPS) is 18.0. The smallest absolute Gasteiger partial charge is 0.297 e. The molecular formula is C26H19FN2O4S. The Morgan fingerprint density at radius 3 is 2.41 bits per heavy atom. The second-order valence-corrected chi connectivity index (χ2v) is 9.08. The average Bonchev–Trinajstić information content (AvgIpc) is 3.37. The highest BCUT2D eigenvalue weighted by atomic mass is 32.1. The van der Waals surface area contributed by atoms with Crippen LogP contribution in [0.3, 0.4) is 0 Å². The number of carbonyl (C=O) groups excluding carboxylic acids is 3. The van der Waals surface area contributed by atoms with E-state index in [1.54, 1.807) is 24.3 Å². The second-order valence-electron chi connectivity index (χ2n) is 8.07. The molecule has 1 aromatic heterocycles. The Labute approximate surface area is 198 Å². The van der Waals surface area contributed by atoms with Crippen LogP contribution in [0, 0.1) is 18.7 Å². The van der Waals surface area contributed by atoms with E-state index in [0.717, 1.165) is 10.3 Å². The van der Waals surface area contributed by atoms with Crippen molar-refractivity contribution in [2.45, 2.75) is 13.0 Å². The minimum atomic E-state index is -1.29. The lowest BCUT2D eigenvalue weighted by Gasteiger charge is -2.25. The van der Waals surface area contributed by atoms with Gasteiger partial charge in [0.2, 0.25) is 5.78 Å². The first-order valence-electron chi connectivity index (χ1n) is 10.6. The van der Waals surface area contributed by atoms with E-state index in [1.807, 2.05) is 25.1 Å². The Balaban J connectivity index is 1.64. The molecule has 0 saturated carbocycles.